The summed E-state index contributed by atoms with van der Waals surface area (Å²) in [7, 11) is 0. The molecule has 8 nitrogen and oxygen atoms in total. The van der Waals surface area contributed by atoms with Crippen LogP contribution >= 0.6 is 0 Å². The molecule has 0 amide bonds. The lowest BCUT2D eigenvalue weighted by Gasteiger charge is -2.00. The SMILES string of the molecule is O1OOOOOOO1. The lowest BCUT2D eigenvalue weighted by atomic mass is 14.0. The fraction of sp³-hybridized carbons (Fsp3) is 0. The highest BCUT2D eigenvalue weighted by Crippen LogP contribution is 1.94. The maximum Gasteiger partial charge on any atom is 0 e. The number of hydrogen-bond donors (Lipinski definition) is 0. The highest BCUT2D eigenvalue weighted by Gasteiger charge is 2.00. The summed E-state index contributed by atoms with van der Waals surface area (Å²) in [6.45, 7) is 0. The molecular formula is O8. The Morgan fingerprint density at radius 1 is 0.250 bits per heavy atom. The predicted molar refractivity (Wildman–Crippen MR) is 8.68 cm³/mol. The summed E-state index contributed by atoms with van der Waals surface area (Å²) < 4.78 is 0. The first kappa shape index (κ1) is 5.81. The fourth-order valence-corrected chi connectivity index (χ4v) is 0.0907. The molecule has 0 bridgehead atoms. The molecule has 1 fully saturated rings. The van der Waals surface area contributed by atoms with Gasteiger partial charge in [0.05, 0.1) is 0 Å². The second-order valence-corrected chi connectivity index (χ2v) is 0.544. The molecule has 1 aliphatic heterocycles. The van der Waals surface area contributed by atoms with Crippen LogP contribution in [-0.4, -0.2) is 0 Å². The van der Waals surface area contributed by atoms with Crippen molar-refractivity contribution < 1.29 is 40.3 Å². The zero-order valence-corrected chi connectivity index (χ0v) is 3.27. The summed E-state index contributed by atoms with van der Waals surface area (Å²) in [5.74, 6) is 0. The summed E-state index contributed by atoms with van der Waals surface area (Å²) in [4.78, 5) is 0. The minimum Gasteiger partial charge on any atom is 0 e. The van der Waals surface area contributed by atoms with Gasteiger partial charge in [0.25, 0.3) is 0 Å². The van der Waals surface area contributed by atoms with Gasteiger partial charge in [-0.25, -0.2) is 0 Å². The summed E-state index contributed by atoms with van der Waals surface area (Å²) >= 11 is 0. The van der Waals surface area contributed by atoms with Crippen LogP contribution in [0.4, 0.5) is 0 Å². The molecule has 0 atom stereocenters. The van der Waals surface area contributed by atoms with Crippen molar-refractivity contribution in [2.45, 2.75) is 0 Å². The summed E-state index contributed by atoms with van der Waals surface area (Å²) in [6.07, 6.45) is 0. The molecule has 1 rings (SSSR count). The van der Waals surface area contributed by atoms with E-state index in [9.17, 15) is 0 Å². The van der Waals surface area contributed by atoms with Crippen molar-refractivity contribution in [3.63, 3.8) is 0 Å². The molecule has 0 aromatic rings. The average molecular weight is 128 g/mol. The van der Waals surface area contributed by atoms with Crippen LogP contribution in [0.2, 0.25) is 0 Å². The summed E-state index contributed by atoms with van der Waals surface area (Å²) in [5, 5.41) is 28.0. The van der Waals surface area contributed by atoms with Gasteiger partial charge in [-0.05, 0) is 0 Å². The van der Waals surface area contributed by atoms with Crippen molar-refractivity contribution >= 4 is 0 Å². The zero-order chi connectivity index (χ0) is 5.66. The Morgan fingerprint density at radius 2 is 0.375 bits per heavy atom. The molecule has 1 heterocycles. The van der Waals surface area contributed by atoms with Gasteiger partial charge in [-0.2, -0.15) is 0 Å². The van der Waals surface area contributed by atoms with E-state index in [1.807, 2.05) is 0 Å². The summed E-state index contributed by atoms with van der Waals surface area (Å²) in [6, 6.07) is 0. The molecule has 0 spiro atoms. The van der Waals surface area contributed by atoms with E-state index in [-0.39, 0.29) is 0 Å². The molecular weight excluding hydrogens is 128 g/mol. The van der Waals surface area contributed by atoms with Crippen LogP contribution in [0.3, 0.4) is 0 Å². The molecule has 0 N–H and O–H groups in total. The van der Waals surface area contributed by atoms with Crippen LogP contribution < -0.4 is 0 Å². The molecule has 0 saturated carbocycles. The first-order chi connectivity index (χ1) is 4.00. The van der Waals surface area contributed by atoms with Crippen LogP contribution in [0.25, 0.3) is 0 Å². The van der Waals surface area contributed by atoms with Crippen LogP contribution in [-0.2, 0) is 40.3 Å². The second kappa shape index (κ2) is 3.65. The molecule has 1 saturated heterocycles. The Morgan fingerprint density at radius 3 is 0.500 bits per heavy atom. The Kier molecular flexibility index (Phi) is 2.65. The van der Waals surface area contributed by atoms with Gasteiger partial charge in [0, 0.05) is 40.3 Å². The van der Waals surface area contributed by atoms with Crippen LogP contribution in [0.1, 0.15) is 0 Å². The monoisotopic (exact) mass is 128 g/mol. The number of hydrogen-bond acceptors (Lipinski definition) is 8. The van der Waals surface area contributed by atoms with Crippen LogP contribution in [0, 0.1) is 0 Å². The maximum atomic E-state index is 3.50. The number of rotatable bonds is 0. The van der Waals surface area contributed by atoms with Gasteiger partial charge in [-0.3, -0.25) is 0 Å². The second-order valence-electron chi connectivity index (χ2n) is 0.544. The van der Waals surface area contributed by atoms with Crippen LogP contribution in [0.15, 0.2) is 0 Å². The third-order valence-corrected chi connectivity index (χ3v) is 0.222. The quantitative estimate of drug-likeness (QED) is 0.402. The van der Waals surface area contributed by atoms with E-state index in [0.29, 0.717) is 0 Å². The Balaban J connectivity index is 2.00. The zero-order valence-electron chi connectivity index (χ0n) is 3.27. The van der Waals surface area contributed by atoms with Crippen molar-refractivity contribution in [1.29, 1.82) is 0 Å². The minimum absolute atomic E-state index is 3.50. The van der Waals surface area contributed by atoms with Gasteiger partial charge in [0.15, 0.2) is 0 Å². The third kappa shape index (κ3) is 2.11. The minimum atomic E-state index is 3.50. The first-order valence-corrected chi connectivity index (χ1v) is 1.33. The average Bonchev–Trinajstić information content (AvgIpc) is 1.62. The van der Waals surface area contributed by atoms with Crippen molar-refractivity contribution in [3.05, 3.63) is 0 Å². The van der Waals surface area contributed by atoms with Gasteiger partial charge >= 0.3 is 0 Å². The van der Waals surface area contributed by atoms with E-state index in [1.165, 1.54) is 0 Å². The van der Waals surface area contributed by atoms with Gasteiger partial charge < -0.3 is 0 Å². The predicted octanol–water partition coefficient (Wildman–Crippen LogP) is -0.547. The van der Waals surface area contributed by atoms with Crippen molar-refractivity contribution in [2.75, 3.05) is 0 Å². The molecule has 48 valence electrons. The van der Waals surface area contributed by atoms with E-state index < -0.39 is 0 Å². The first-order valence-electron chi connectivity index (χ1n) is 1.33. The van der Waals surface area contributed by atoms with Crippen molar-refractivity contribution in [3.8, 4) is 0 Å². The Bertz CT molecular complexity index is 24.0. The molecule has 0 radical (unpaired) electrons. The van der Waals surface area contributed by atoms with Crippen molar-refractivity contribution in [2.24, 2.45) is 0 Å². The van der Waals surface area contributed by atoms with Crippen LogP contribution in [0.5, 0.6) is 0 Å². The van der Waals surface area contributed by atoms with E-state index in [0.717, 1.165) is 0 Å². The van der Waals surface area contributed by atoms with Crippen molar-refractivity contribution in [1.82, 2.24) is 0 Å². The molecule has 0 aromatic heterocycles. The van der Waals surface area contributed by atoms with Gasteiger partial charge in [-0.1, -0.05) is 0 Å². The molecule has 0 aliphatic carbocycles. The molecule has 8 heteroatoms. The van der Waals surface area contributed by atoms with E-state index >= 15 is 0 Å². The lowest BCUT2D eigenvalue weighted by Crippen LogP contribution is -2.07. The topological polar surface area (TPSA) is 73.8 Å². The molecule has 0 unspecified atom stereocenters. The molecule has 8 heavy (non-hydrogen) atoms. The van der Waals surface area contributed by atoms with Gasteiger partial charge in [0.1, 0.15) is 0 Å². The smallest absolute Gasteiger partial charge is 0 e. The largest absolute Gasteiger partial charge is 0 e. The van der Waals surface area contributed by atoms with E-state index in [2.05, 4.69) is 40.3 Å². The van der Waals surface area contributed by atoms with E-state index in [1.54, 1.807) is 0 Å². The Hall–Kier alpha value is -0.320. The normalized spacial score (nSPS) is 24.0. The summed E-state index contributed by atoms with van der Waals surface area (Å²) in [5.41, 5.74) is 0. The highest BCUT2D eigenvalue weighted by atomic mass is 18.0. The van der Waals surface area contributed by atoms with Gasteiger partial charge in [-0.15, -0.1) is 0 Å². The Labute approximate surface area is 41.7 Å². The third-order valence-electron chi connectivity index (χ3n) is 0.222. The molecule has 1 aliphatic rings. The maximum absolute atomic E-state index is 3.50. The fourth-order valence-electron chi connectivity index (χ4n) is 0.0907. The molecule has 0 aromatic carbocycles. The standard InChI is InChI=1S/O8/c1-2-4-6-8-7-5-3-1. The van der Waals surface area contributed by atoms with E-state index in [4.69, 9.17) is 0 Å². The lowest BCUT2D eigenvalue weighted by molar-refractivity contribution is -0.914. The highest BCUT2D eigenvalue weighted by molar-refractivity contribution is 3.09. The van der Waals surface area contributed by atoms with Gasteiger partial charge in [0.2, 0.25) is 0 Å².